The monoisotopic (exact) mass is 553 g/mol. The first-order valence-electron chi connectivity index (χ1n) is 11.8. The number of rotatable bonds is 11. The predicted molar refractivity (Wildman–Crippen MR) is 146 cm³/mol. The van der Waals surface area contributed by atoms with E-state index < -0.39 is 34.1 Å². The topological polar surface area (TPSA) is 105 Å². The molecule has 0 aliphatic rings. The highest BCUT2D eigenvalue weighted by atomic mass is 35.5. The molecular formula is C26H36ClN3O6S. The minimum atomic E-state index is -3.93. The summed E-state index contributed by atoms with van der Waals surface area (Å²) < 4.78 is 37.1. The van der Waals surface area contributed by atoms with Crippen LogP contribution in [0.2, 0.25) is 5.02 Å². The van der Waals surface area contributed by atoms with E-state index in [4.69, 9.17) is 21.1 Å². The van der Waals surface area contributed by atoms with Gasteiger partial charge in [-0.15, -0.1) is 0 Å². The van der Waals surface area contributed by atoms with E-state index in [1.54, 1.807) is 44.4 Å². The van der Waals surface area contributed by atoms with E-state index in [-0.39, 0.29) is 28.9 Å². The molecular weight excluding hydrogens is 518 g/mol. The Labute approximate surface area is 224 Å². The molecule has 0 aliphatic heterocycles. The van der Waals surface area contributed by atoms with Crippen LogP contribution in [-0.2, 0) is 26.2 Å². The van der Waals surface area contributed by atoms with Crippen molar-refractivity contribution in [2.75, 3.05) is 31.3 Å². The molecule has 2 amide bonds. The minimum Gasteiger partial charge on any atom is -0.497 e. The highest BCUT2D eigenvalue weighted by Crippen LogP contribution is 2.33. The van der Waals surface area contributed by atoms with Gasteiger partial charge < -0.3 is 19.7 Å². The van der Waals surface area contributed by atoms with Crippen LogP contribution < -0.4 is 19.1 Å². The number of anilines is 1. The maximum atomic E-state index is 13.8. The number of nitrogens with one attached hydrogen (secondary N) is 1. The fourth-order valence-electron chi connectivity index (χ4n) is 3.75. The summed E-state index contributed by atoms with van der Waals surface area (Å²) in [4.78, 5) is 28.4. The smallest absolute Gasteiger partial charge is 0.244 e. The Bertz CT molecular complexity index is 1200. The third-order valence-corrected chi connectivity index (χ3v) is 6.85. The molecule has 1 unspecified atom stereocenters. The highest BCUT2D eigenvalue weighted by molar-refractivity contribution is 7.92. The van der Waals surface area contributed by atoms with Crippen LogP contribution >= 0.6 is 11.6 Å². The molecule has 0 radical (unpaired) electrons. The number of hydrogen-bond acceptors (Lipinski definition) is 6. The second kappa shape index (κ2) is 12.5. The Morgan fingerprint density at radius 3 is 2.16 bits per heavy atom. The van der Waals surface area contributed by atoms with Gasteiger partial charge in [0.05, 0.1) is 26.2 Å². The van der Waals surface area contributed by atoms with Crippen molar-refractivity contribution in [3.05, 3.63) is 53.1 Å². The van der Waals surface area contributed by atoms with Crippen molar-refractivity contribution >= 4 is 39.1 Å². The van der Waals surface area contributed by atoms with Crippen LogP contribution in [0.25, 0.3) is 0 Å². The third kappa shape index (κ3) is 8.53. The van der Waals surface area contributed by atoms with Crippen molar-refractivity contribution in [3.63, 3.8) is 0 Å². The van der Waals surface area contributed by atoms with E-state index in [0.29, 0.717) is 12.2 Å². The molecule has 2 rings (SSSR count). The molecule has 37 heavy (non-hydrogen) atoms. The Hall–Kier alpha value is -2.98. The third-order valence-electron chi connectivity index (χ3n) is 5.48. The van der Waals surface area contributed by atoms with Gasteiger partial charge >= 0.3 is 0 Å². The van der Waals surface area contributed by atoms with Crippen molar-refractivity contribution < 1.29 is 27.5 Å². The van der Waals surface area contributed by atoms with Gasteiger partial charge in [-0.05, 0) is 63.1 Å². The Morgan fingerprint density at radius 1 is 1.05 bits per heavy atom. The van der Waals surface area contributed by atoms with Gasteiger partial charge in [-0.2, -0.15) is 0 Å². The summed E-state index contributed by atoms with van der Waals surface area (Å²) >= 11 is 6.14. The van der Waals surface area contributed by atoms with E-state index in [0.717, 1.165) is 16.1 Å². The number of ether oxygens (including phenoxy) is 2. The highest BCUT2D eigenvalue weighted by Gasteiger charge is 2.33. The standard InChI is InChI=1S/C26H36ClN3O6S/c1-8-21(25(32)28-26(2,3)4)29(16-18-9-12-20(35-5)13-10-18)24(31)17-30(37(7,33)34)22-15-19(27)11-14-23(22)36-6/h9-15,21H,8,16-17H2,1-7H3,(H,28,32). The first kappa shape index (κ1) is 30.2. The number of methoxy groups -OCH3 is 2. The van der Waals surface area contributed by atoms with E-state index >= 15 is 0 Å². The molecule has 1 N–H and O–H groups in total. The quantitative estimate of drug-likeness (QED) is 0.453. The molecule has 1 atom stereocenters. The van der Waals surface area contributed by atoms with Crippen molar-refractivity contribution in [3.8, 4) is 11.5 Å². The molecule has 0 fully saturated rings. The summed E-state index contributed by atoms with van der Waals surface area (Å²) in [7, 11) is -0.977. The molecule has 0 aliphatic carbocycles. The molecule has 0 bridgehead atoms. The molecule has 0 heterocycles. The van der Waals surface area contributed by atoms with Gasteiger partial charge in [0.25, 0.3) is 0 Å². The first-order chi connectivity index (χ1) is 17.2. The van der Waals surface area contributed by atoms with Crippen LogP contribution in [0, 0.1) is 0 Å². The maximum absolute atomic E-state index is 13.8. The second-order valence-electron chi connectivity index (χ2n) is 9.62. The molecule has 2 aromatic carbocycles. The molecule has 9 nitrogen and oxygen atoms in total. The van der Waals surface area contributed by atoms with Crippen LogP contribution in [0.1, 0.15) is 39.7 Å². The van der Waals surface area contributed by atoms with Crippen molar-refractivity contribution in [2.45, 2.75) is 52.2 Å². The number of sulfonamides is 1. The van der Waals surface area contributed by atoms with E-state index in [9.17, 15) is 18.0 Å². The Balaban J connectivity index is 2.52. The van der Waals surface area contributed by atoms with Gasteiger partial charge in [0.15, 0.2) is 0 Å². The van der Waals surface area contributed by atoms with Crippen molar-refractivity contribution in [1.29, 1.82) is 0 Å². The lowest BCUT2D eigenvalue weighted by Gasteiger charge is -2.34. The van der Waals surface area contributed by atoms with Crippen LogP contribution in [0.5, 0.6) is 11.5 Å². The fourth-order valence-corrected chi connectivity index (χ4v) is 4.76. The van der Waals surface area contributed by atoms with Gasteiger partial charge in [-0.25, -0.2) is 8.42 Å². The van der Waals surface area contributed by atoms with Crippen LogP contribution in [0.3, 0.4) is 0 Å². The van der Waals surface area contributed by atoms with Crippen LogP contribution in [-0.4, -0.2) is 63.7 Å². The lowest BCUT2D eigenvalue weighted by molar-refractivity contribution is -0.141. The van der Waals surface area contributed by atoms with E-state index in [1.165, 1.54) is 24.1 Å². The zero-order chi connectivity index (χ0) is 28.0. The summed E-state index contributed by atoms with van der Waals surface area (Å²) in [5.41, 5.74) is 0.358. The van der Waals surface area contributed by atoms with Crippen LogP contribution in [0.15, 0.2) is 42.5 Å². The summed E-state index contributed by atoms with van der Waals surface area (Å²) in [5, 5.41) is 3.21. The number of nitrogens with zero attached hydrogens (tertiary/aromatic N) is 2. The fraction of sp³-hybridized carbons (Fsp3) is 0.462. The predicted octanol–water partition coefficient (Wildman–Crippen LogP) is 3.85. The zero-order valence-electron chi connectivity index (χ0n) is 22.4. The average molecular weight is 554 g/mol. The van der Waals surface area contributed by atoms with Gasteiger partial charge in [0.2, 0.25) is 21.8 Å². The molecule has 0 saturated carbocycles. The SMILES string of the molecule is CCC(C(=O)NC(C)(C)C)N(Cc1ccc(OC)cc1)C(=O)CN(c1cc(Cl)ccc1OC)S(C)(=O)=O. The average Bonchev–Trinajstić information content (AvgIpc) is 2.80. The Morgan fingerprint density at radius 2 is 1.68 bits per heavy atom. The van der Waals surface area contributed by atoms with Gasteiger partial charge in [0, 0.05) is 17.1 Å². The molecule has 0 spiro atoms. The summed E-state index contributed by atoms with van der Waals surface area (Å²) in [5.74, 6) is -0.000391. The van der Waals surface area contributed by atoms with Crippen molar-refractivity contribution in [2.24, 2.45) is 0 Å². The molecule has 11 heteroatoms. The number of carbonyl (C=O) groups excluding carboxylic acids is 2. The molecule has 0 aromatic heterocycles. The van der Waals surface area contributed by atoms with Crippen molar-refractivity contribution in [1.82, 2.24) is 10.2 Å². The van der Waals surface area contributed by atoms with E-state index in [2.05, 4.69) is 5.32 Å². The largest absolute Gasteiger partial charge is 0.497 e. The van der Waals surface area contributed by atoms with Gasteiger partial charge in [-0.1, -0.05) is 30.7 Å². The number of carbonyl (C=O) groups is 2. The molecule has 2 aromatic rings. The number of amides is 2. The zero-order valence-corrected chi connectivity index (χ0v) is 23.9. The number of halogens is 1. The summed E-state index contributed by atoms with van der Waals surface area (Å²) in [6, 6.07) is 10.8. The first-order valence-corrected chi connectivity index (χ1v) is 14.0. The maximum Gasteiger partial charge on any atom is 0.244 e. The minimum absolute atomic E-state index is 0.0865. The number of benzene rings is 2. The second-order valence-corrected chi connectivity index (χ2v) is 12.0. The van der Waals surface area contributed by atoms with E-state index in [1.807, 2.05) is 20.8 Å². The lowest BCUT2D eigenvalue weighted by Crippen LogP contribution is -2.55. The molecule has 0 saturated heterocycles. The molecule has 204 valence electrons. The lowest BCUT2D eigenvalue weighted by atomic mass is 10.1. The summed E-state index contributed by atoms with van der Waals surface area (Å²) in [6.07, 6.45) is 1.32. The van der Waals surface area contributed by atoms with Gasteiger partial charge in [-0.3, -0.25) is 13.9 Å². The summed E-state index contributed by atoms with van der Waals surface area (Å²) in [6.45, 7) is 6.89. The van der Waals surface area contributed by atoms with Crippen LogP contribution in [0.4, 0.5) is 5.69 Å². The normalized spacial score (nSPS) is 12.4. The Kier molecular flexibility index (Phi) is 10.2. The van der Waals surface area contributed by atoms with Gasteiger partial charge in [0.1, 0.15) is 24.1 Å². The number of hydrogen-bond donors (Lipinski definition) is 1.